The monoisotopic (exact) mass is 447 g/mol. The van der Waals surface area contributed by atoms with Gasteiger partial charge >= 0.3 is 0 Å². The summed E-state index contributed by atoms with van der Waals surface area (Å²) in [6.45, 7) is 1.39. The number of alkyl halides is 2. The van der Waals surface area contributed by atoms with Crippen LogP contribution in [0.5, 0.6) is 0 Å². The van der Waals surface area contributed by atoms with E-state index in [9.17, 15) is 22.8 Å². The second-order valence-electron chi connectivity index (χ2n) is 7.26. The van der Waals surface area contributed by atoms with Crippen molar-refractivity contribution in [1.29, 1.82) is 0 Å². The lowest BCUT2D eigenvalue weighted by molar-refractivity contribution is 0.0301. The number of nitrogens with zero attached hydrogens (tertiary/aromatic N) is 4. The highest BCUT2D eigenvalue weighted by atomic mass is 19.3. The van der Waals surface area contributed by atoms with Gasteiger partial charge in [-0.2, -0.15) is 0 Å². The van der Waals surface area contributed by atoms with E-state index in [4.69, 9.17) is 4.74 Å². The summed E-state index contributed by atoms with van der Waals surface area (Å²) in [6.07, 6.45) is -1.71. The molecule has 1 amide bonds. The van der Waals surface area contributed by atoms with Crippen molar-refractivity contribution < 1.29 is 22.7 Å². The number of aryl methyl sites for hydroxylation is 1. The Balaban J connectivity index is 1.70. The molecule has 0 unspecified atom stereocenters. The maximum atomic E-state index is 14.4. The van der Waals surface area contributed by atoms with Crippen LogP contribution in [0.15, 0.2) is 35.4 Å². The van der Waals surface area contributed by atoms with E-state index in [0.29, 0.717) is 31.7 Å². The largest absolute Gasteiger partial charge is 0.378 e. The van der Waals surface area contributed by atoms with Crippen molar-refractivity contribution in [3.05, 3.63) is 63.5 Å². The van der Waals surface area contributed by atoms with Crippen molar-refractivity contribution in [3.8, 4) is 0 Å². The predicted octanol–water partition coefficient (Wildman–Crippen LogP) is 2.49. The maximum Gasteiger partial charge on any atom is 0.266 e. The first kappa shape index (κ1) is 21.8. The molecule has 168 valence electrons. The minimum atomic E-state index is -2.93. The minimum absolute atomic E-state index is 0.0315. The van der Waals surface area contributed by atoms with Crippen LogP contribution in [0.4, 0.5) is 19.0 Å². The van der Waals surface area contributed by atoms with Crippen LogP contribution < -0.4 is 10.9 Å². The van der Waals surface area contributed by atoms with Gasteiger partial charge in [-0.15, -0.1) is 0 Å². The molecule has 0 saturated carbocycles. The second-order valence-corrected chi connectivity index (χ2v) is 7.26. The van der Waals surface area contributed by atoms with E-state index in [2.05, 4.69) is 15.3 Å². The van der Waals surface area contributed by atoms with Crippen molar-refractivity contribution >= 4 is 22.8 Å². The lowest BCUT2D eigenvalue weighted by atomic mass is 10.1. The van der Waals surface area contributed by atoms with Crippen molar-refractivity contribution in [3.63, 3.8) is 0 Å². The average Bonchev–Trinajstić information content (AvgIpc) is 2.80. The summed E-state index contributed by atoms with van der Waals surface area (Å²) >= 11 is 0. The number of amides is 1. The number of halogens is 3. The van der Waals surface area contributed by atoms with Gasteiger partial charge in [0.05, 0.1) is 24.2 Å². The molecule has 4 rings (SSSR count). The van der Waals surface area contributed by atoms with Crippen LogP contribution in [0.25, 0.3) is 11.0 Å². The Kier molecular flexibility index (Phi) is 6.08. The first-order chi connectivity index (χ1) is 15.4. The number of fused-ring (bicyclic) bond motifs is 1. The van der Waals surface area contributed by atoms with Crippen LogP contribution in [0, 0.1) is 5.82 Å². The molecule has 32 heavy (non-hydrogen) atoms. The average molecular weight is 447 g/mol. The van der Waals surface area contributed by atoms with Crippen LogP contribution in [0.3, 0.4) is 0 Å². The zero-order valence-electron chi connectivity index (χ0n) is 17.1. The van der Waals surface area contributed by atoms with Crippen LogP contribution in [0.2, 0.25) is 0 Å². The molecule has 0 radical (unpaired) electrons. The van der Waals surface area contributed by atoms with Gasteiger partial charge in [-0.3, -0.25) is 14.2 Å². The number of benzene rings is 1. The molecule has 0 spiro atoms. The summed E-state index contributed by atoms with van der Waals surface area (Å²) < 4.78 is 46.8. The SMILES string of the molecule is Cn1c(=O)c(C(=O)N2CCOCC2)cc2c(NCc3cccc(C(F)F)c3F)ncnc21. The van der Waals surface area contributed by atoms with Gasteiger partial charge < -0.3 is 15.0 Å². The maximum absolute atomic E-state index is 14.4. The molecule has 1 saturated heterocycles. The van der Waals surface area contributed by atoms with Crippen molar-refractivity contribution in [2.24, 2.45) is 7.05 Å². The zero-order valence-corrected chi connectivity index (χ0v) is 17.1. The fourth-order valence-electron chi connectivity index (χ4n) is 3.58. The molecule has 1 aliphatic heterocycles. The molecule has 1 aliphatic rings. The highest BCUT2D eigenvalue weighted by molar-refractivity contribution is 5.99. The normalized spacial score (nSPS) is 14.2. The molecule has 3 heterocycles. The number of ether oxygens (including phenoxy) is 1. The molecule has 0 aliphatic carbocycles. The number of anilines is 1. The van der Waals surface area contributed by atoms with Crippen LogP contribution in [0.1, 0.15) is 27.9 Å². The Labute approximate surface area is 180 Å². The summed E-state index contributed by atoms with van der Waals surface area (Å²) in [5, 5.41) is 3.28. The fourth-order valence-corrected chi connectivity index (χ4v) is 3.58. The van der Waals surface area contributed by atoms with Gasteiger partial charge in [0, 0.05) is 32.2 Å². The topological polar surface area (TPSA) is 89.4 Å². The Hall–Kier alpha value is -3.47. The van der Waals surface area contributed by atoms with Gasteiger partial charge in [0.15, 0.2) is 0 Å². The first-order valence-corrected chi connectivity index (χ1v) is 9.89. The summed E-state index contributed by atoms with van der Waals surface area (Å²) in [5.74, 6) is -1.19. The van der Waals surface area contributed by atoms with Crippen LogP contribution in [-0.4, -0.2) is 51.6 Å². The lowest BCUT2D eigenvalue weighted by Crippen LogP contribution is -2.43. The van der Waals surface area contributed by atoms with E-state index in [-0.39, 0.29) is 29.1 Å². The van der Waals surface area contributed by atoms with Crippen molar-refractivity contribution in [1.82, 2.24) is 19.4 Å². The van der Waals surface area contributed by atoms with Gasteiger partial charge in [0.1, 0.15) is 29.2 Å². The molecular formula is C21H20F3N5O3. The molecular weight excluding hydrogens is 427 g/mol. The summed E-state index contributed by atoms with van der Waals surface area (Å²) in [4.78, 5) is 35.5. The number of carbonyl (C=O) groups is 1. The molecule has 1 fully saturated rings. The quantitative estimate of drug-likeness (QED) is 0.647. The number of nitrogens with one attached hydrogen (secondary N) is 1. The van der Waals surface area contributed by atoms with E-state index in [1.807, 2.05) is 0 Å². The predicted molar refractivity (Wildman–Crippen MR) is 110 cm³/mol. The molecule has 1 N–H and O–H groups in total. The minimum Gasteiger partial charge on any atom is -0.378 e. The van der Waals surface area contributed by atoms with E-state index in [1.54, 1.807) is 0 Å². The third kappa shape index (κ3) is 4.03. The third-order valence-electron chi connectivity index (χ3n) is 5.32. The fraction of sp³-hybridized carbons (Fsp3) is 0.333. The molecule has 0 atom stereocenters. The van der Waals surface area contributed by atoms with E-state index in [0.717, 1.165) is 6.07 Å². The smallest absolute Gasteiger partial charge is 0.266 e. The van der Waals surface area contributed by atoms with Gasteiger partial charge in [-0.05, 0) is 6.07 Å². The first-order valence-electron chi connectivity index (χ1n) is 9.89. The molecule has 1 aromatic carbocycles. The number of hydrogen-bond acceptors (Lipinski definition) is 6. The van der Waals surface area contributed by atoms with Crippen LogP contribution >= 0.6 is 0 Å². The van der Waals surface area contributed by atoms with Gasteiger partial charge in [-0.1, -0.05) is 18.2 Å². The van der Waals surface area contributed by atoms with E-state index < -0.39 is 29.3 Å². The van der Waals surface area contributed by atoms with Gasteiger partial charge in [-0.25, -0.2) is 23.1 Å². The summed E-state index contributed by atoms with van der Waals surface area (Å²) in [7, 11) is 1.49. The Morgan fingerprint density at radius 2 is 2.00 bits per heavy atom. The number of rotatable bonds is 5. The molecule has 3 aromatic rings. The second kappa shape index (κ2) is 8.95. The molecule has 0 bridgehead atoms. The van der Waals surface area contributed by atoms with Gasteiger partial charge in [0.25, 0.3) is 17.9 Å². The van der Waals surface area contributed by atoms with E-state index in [1.165, 1.54) is 41.0 Å². The summed E-state index contributed by atoms with van der Waals surface area (Å²) in [6, 6.07) is 5.18. The highest BCUT2D eigenvalue weighted by Crippen LogP contribution is 2.25. The summed E-state index contributed by atoms with van der Waals surface area (Å²) in [5.41, 5.74) is -0.936. The number of morpholine rings is 1. The number of hydrogen-bond donors (Lipinski definition) is 1. The number of carbonyl (C=O) groups excluding carboxylic acids is 1. The Morgan fingerprint density at radius 1 is 1.25 bits per heavy atom. The Morgan fingerprint density at radius 3 is 2.72 bits per heavy atom. The Bertz CT molecular complexity index is 1230. The number of aromatic nitrogens is 3. The van der Waals surface area contributed by atoms with Crippen LogP contribution in [-0.2, 0) is 18.3 Å². The molecule has 8 nitrogen and oxygen atoms in total. The van der Waals surface area contributed by atoms with E-state index >= 15 is 0 Å². The lowest BCUT2D eigenvalue weighted by Gasteiger charge is -2.26. The third-order valence-corrected chi connectivity index (χ3v) is 5.32. The number of pyridine rings is 1. The zero-order chi connectivity index (χ0) is 22.8. The molecule has 2 aromatic heterocycles. The van der Waals surface area contributed by atoms with Crippen molar-refractivity contribution in [2.45, 2.75) is 13.0 Å². The van der Waals surface area contributed by atoms with Gasteiger partial charge in [0.2, 0.25) is 0 Å². The highest BCUT2D eigenvalue weighted by Gasteiger charge is 2.24. The molecule has 11 heteroatoms. The van der Waals surface area contributed by atoms with Crippen molar-refractivity contribution in [2.75, 3.05) is 31.6 Å². The standard InChI is InChI=1S/C21H20F3N5O3/c1-28-19-14(9-15(20(28)30)21(31)29-5-7-32-8-6-29)18(26-11-27-19)25-10-12-3-2-4-13(16(12)22)17(23)24/h2-4,9,11,17H,5-8,10H2,1H3,(H,25,26,27).